The average Bonchev–Trinajstić information content (AvgIpc) is 0.893. The van der Waals surface area contributed by atoms with Crippen LogP contribution in [0.4, 0.5) is 0 Å². The Kier molecular flexibility index (Phi) is 38.0. The highest BCUT2D eigenvalue weighted by molar-refractivity contribution is 5.99. The van der Waals surface area contributed by atoms with Crippen molar-refractivity contribution >= 4 is 71.0 Å². The number of amides is 10. The van der Waals surface area contributed by atoms with Gasteiger partial charge in [0.1, 0.15) is 60.4 Å². The summed E-state index contributed by atoms with van der Waals surface area (Å²) in [7, 11) is 0. The number of nitrogens with zero attached hydrogens (tertiary/aromatic N) is 1. The predicted molar refractivity (Wildman–Crippen MR) is 360 cm³/mol. The number of carbonyl (C=O) groups is 11. The van der Waals surface area contributed by atoms with Gasteiger partial charge in [-0.05, 0) is 112 Å². The van der Waals surface area contributed by atoms with E-state index in [2.05, 4.69) is 58.2 Å². The molecule has 0 aliphatic rings. The predicted octanol–water partition coefficient (Wildman–Crippen LogP) is 0.125. The summed E-state index contributed by atoms with van der Waals surface area (Å²) in [4.78, 5) is 158. The quantitative estimate of drug-likeness (QED) is 0.0238. The lowest BCUT2D eigenvalue weighted by Gasteiger charge is -2.31. The zero-order chi connectivity index (χ0) is 70.6. The molecule has 526 valence electrons. The van der Waals surface area contributed by atoms with Gasteiger partial charge in [0.15, 0.2) is 5.96 Å². The third-order valence-corrected chi connectivity index (χ3v) is 16.2. The van der Waals surface area contributed by atoms with Gasteiger partial charge in [0, 0.05) is 19.4 Å². The topological polar surface area (TPSA) is 471 Å². The van der Waals surface area contributed by atoms with E-state index in [0.29, 0.717) is 44.1 Å². The van der Waals surface area contributed by atoms with Gasteiger partial charge in [-0.25, -0.2) is 4.79 Å². The van der Waals surface area contributed by atoms with Crippen LogP contribution in [-0.4, -0.2) is 163 Å². The molecule has 2 rings (SSSR count). The molecule has 0 spiro atoms. The van der Waals surface area contributed by atoms with E-state index in [1.807, 2.05) is 20.8 Å². The molecule has 94 heavy (non-hydrogen) atoms. The van der Waals surface area contributed by atoms with Crippen LogP contribution in [0.15, 0.2) is 65.7 Å². The van der Waals surface area contributed by atoms with E-state index >= 15 is 0 Å². The van der Waals surface area contributed by atoms with E-state index < -0.39 is 149 Å². The number of hydrogen-bond acceptors (Lipinski definition) is 15. The molecule has 0 saturated heterocycles. The number of carboxylic acid groups (broad SMARTS) is 1. The van der Waals surface area contributed by atoms with Crippen molar-refractivity contribution in [3.63, 3.8) is 0 Å². The first-order chi connectivity index (χ1) is 44.5. The van der Waals surface area contributed by atoms with Gasteiger partial charge < -0.3 is 86.9 Å². The van der Waals surface area contributed by atoms with Crippen LogP contribution < -0.4 is 81.8 Å². The molecule has 0 aliphatic carbocycles. The van der Waals surface area contributed by atoms with E-state index in [-0.39, 0.29) is 83.0 Å². The molecule has 28 nitrogen and oxygen atoms in total. The van der Waals surface area contributed by atoms with Crippen molar-refractivity contribution in [2.75, 3.05) is 26.2 Å². The minimum absolute atomic E-state index is 0.0284. The first kappa shape index (κ1) is 81.9. The number of aliphatic imine (C=N–C) groups is 1. The summed E-state index contributed by atoms with van der Waals surface area (Å²) < 4.78 is 0. The number of carboxylic acids is 1. The normalized spacial score (nSPS) is 15.1. The van der Waals surface area contributed by atoms with Crippen molar-refractivity contribution < 1.29 is 57.8 Å². The molecule has 21 N–H and O–H groups in total. The van der Waals surface area contributed by atoms with Gasteiger partial charge in [0.2, 0.25) is 59.1 Å². The number of guanidine groups is 1. The summed E-state index contributed by atoms with van der Waals surface area (Å²) in [6.07, 6.45) is 2.65. The van der Waals surface area contributed by atoms with Crippen LogP contribution in [-0.2, 0) is 65.6 Å². The highest BCUT2D eigenvalue weighted by atomic mass is 16.4. The van der Waals surface area contributed by atoms with Crippen LogP contribution in [0.1, 0.15) is 151 Å². The van der Waals surface area contributed by atoms with Crippen LogP contribution >= 0.6 is 0 Å². The molecule has 0 unspecified atom stereocenters. The van der Waals surface area contributed by atoms with Crippen LogP contribution in [0, 0.1) is 29.6 Å². The Morgan fingerprint density at radius 2 is 0.755 bits per heavy atom. The summed E-state index contributed by atoms with van der Waals surface area (Å²) in [6.45, 7) is 17.6. The van der Waals surface area contributed by atoms with E-state index in [1.165, 1.54) is 0 Å². The van der Waals surface area contributed by atoms with Crippen LogP contribution in [0.5, 0.6) is 0 Å². The smallest absolute Gasteiger partial charge is 0.326 e. The zero-order valence-electron chi connectivity index (χ0n) is 56.7. The second-order valence-electron chi connectivity index (χ2n) is 25.2. The monoisotopic (exact) mass is 1320 g/mol. The largest absolute Gasteiger partial charge is 0.480 e. The number of nitrogens with one attached hydrogen (secondary N) is 10. The third kappa shape index (κ3) is 29.8. The van der Waals surface area contributed by atoms with Crippen molar-refractivity contribution in [2.24, 2.45) is 63.3 Å². The molecule has 0 aromatic heterocycles. The van der Waals surface area contributed by atoms with Crippen molar-refractivity contribution in [1.29, 1.82) is 0 Å². The summed E-state index contributed by atoms with van der Waals surface area (Å²) in [5, 5.41) is 37.3. The Morgan fingerprint density at radius 3 is 1.16 bits per heavy atom. The van der Waals surface area contributed by atoms with Gasteiger partial charge in [0.25, 0.3) is 0 Å². The summed E-state index contributed by atoms with van der Waals surface area (Å²) in [5.41, 5.74) is 29.9. The summed E-state index contributed by atoms with van der Waals surface area (Å²) in [5.74, 6) is -10.9. The Hall–Kier alpha value is -8.24. The maximum Gasteiger partial charge on any atom is 0.326 e. The van der Waals surface area contributed by atoms with Crippen molar-refractivity contribution in [3.05, 3.63) is 71.8 Å². The molecule has 2 aromatic carbocycles. The molecule has 2 aromatic rings. The molecule has 0 bridgehead atoms. The highest BCUT2D eigenvalue weighted by Crippen LogP contribution is 2.17. The van der Waals surface area contributed by atoms with E-state index in [0.717, 1.165) is 5.56 Å². The first-order valence-electron chi connectivity index (χ1n) is 33.0. The second kappa shape index (κ2) is 43.6. The maximum absolute atomic E-state index is 14.9. The minimum Gasteiger partial charge on any atom is -0.480 e. The standard InChI is InChI=1S/C66H110N16O12/c1-11-41(9)54(63(91)78-48(34-38(3)4)60(88)80-53(40(7)8)65(93)94)81-58(86)46(29-20-22-32-68)75-59(87)50(36-44-26-17-14-18-27-44)77-57(85)47(30-23-33-72-66(70)71)74-56(84)45(28-19-21-31-67)76-62(90)52(39(5)6)79-64(92)55(42(10)12-2)82-61(89)49(73-51(83)37-69)35-43-24-15-13-16-25-43/h13-18,24-27,38-42,45-50,52-55H,11-12,19-23,28-37,67-69H2,1-10H3,(H,73,83)(H,74,84)(H,75,87)(H,76,90)(H,77,85)(H,78,91)(H,79,92)(H,80,88)(H,81,86)(H,82,89)(H,93,94)(H4,70,71,72)/t41-,42-,45-,46-,47-,48-,49-,50-,52-,53-,54-,55-/m0/s1. The summed E-state index contributed by atoms with van der Waals surface area (Å²) >= 11 is 0. The van der Waals surface area contributed by atoms with Gasteiger partial charge in [-0.1, -0.05) is 143 Å². The Labute approximate surface area is 554 Å². The molecule has 28 heteroatoms. The maximum atomic E-state index is 14.9. The van der Waals surface area contributed by atoms with Crippen molar-refractivity contribution in [1.82, 2.24) is 53.2 Å². The van der Waals surface area contributed by atoms with Crippen molar-refractivity contribution in [3.8, 4) is 0 Å². The van der Waals surface area contributed by atoms with Crippen LogP contribution in [0.25, 0.3) is 0 Å². The van der Waals surface area contributed by atoms with Crippen molar-refractivity contribution in [2.45, 2.75) is 213 Å². The SMILES string of the molecule is CC[C@H](C)[C@H](NC(=O)[C@H](CCCCN)NC(=O)[C@H](Cc1ccccc1)NC(=O)[C@H](CCCN=C(N)N)NC(=O)[C@H](CCCCN)NC(=O)[C@@H](NC(=O)[C@@H](NC(=O)[C@H](Cc1ccccc1)NC(=O)CN)[C@@H](C)CC)C(C)C)C(=O)N[C@@H](CC(C)C)C(=O)N[C@H](C(=O)O)C(C)C. The molecule has 0 heterocycles. The molecular formula is C66H110N16O12. The lowest BCUT2D eigenvalue weighted by molar-refractivity contribution is -0.143. The first-order valence-corrected chi connectivity index (χ1v) is 33.0. The molecule has 0 fully saturated rings. The molecule has 0 aliphatic heterocycles. The molecular weight excluding hydrogens is 1210 g/mol. The Bertz CT molecular complexity index is 2750. The molecule has 0 saturated carbocycles. The van der Waals surface area contributed by atoms with Crippen LogP contribution in [0.2, 0.25) is 0 Å². The molecule has 12 atom stereocenters. The average molecular weight is 1320 g/mol. The fourth-order valence-corrected chi connectivity index (χ4v) is 10.2. The number of unbranched alkanes of at least 4 members (excludes halogenated alkanes) is 2. The number of carbonyl (C=O) groups excluding carboxylic acids is 10. The van der Waals surface area contributed by atoms with Crippen LogP contribution in [0.3, 0.4) is 0 Å². The Morgan fingerprint density at radius 1 is 0.415 bits per heavy atom. The molecule has 0 radical (unpaired) electrons. The van der Waals surface area contributed by atoms with E-state index in [1.54, 1.807) is 109 Å². The van der Waals surface area contributed by atoms with Gasteiger partial charge in [-0.3, -0.25) is 52.9 Å². The molecule has 10 amide bonds. The second-order valence-corrected chi connectivity index (χ2v) is 25.2. The lowest BCUT2D eigenvalue weighted by atomic mass is 9.95. The minimum atomic E-state index is -1.40. The van der Waals surface area contributed by atoms with Gasteiger partial charge >= 0.3 is 5.97 Å². The summed E-state index contributed by atoms with van der Waals surface area (Å²) in [6, 6.07) is 5.03. The number of nitrogens with two attached hydrogens (primary N) is 5. The van der Waals surface area contributed by atoms with E-state index in [9.17, 15) is 57.8 Å². The van der Waals surface area contributed by atoms with E-state index in [4.69, 9.17) is 28.7 Å². The van der Waals surface area contributed by atoms with Gasteiger partial charge in [-0.15, -0.1) is 0 Å². The third-order valence-electron chi connectivity index (χ3n) is 16.2. The van der Waals surface area contributed by atoms with Gasteiger partial charge in [0.05, 0.1) is 6.54 Å². The Balaban J connectivity index is 2.60. The number of aliphatic carboxylic acids is 1. The fourth-order valence-electron chi connectivity index (χ4n) is 10.2. The lowest BCUT2D eigenvalue weighted by Crippen LogP contribution is -2.62. The number of benzene rings is 2. The highest BCUT2D eigenvalue weighted by Gasteiger charge is 2.38. The van der Waals surface area contributed by atoms with Gasteiger partial charge in [-0.2, -0.15) is 0 Å². The zero-order valence-corrected chi connectivity index (χ0v) is 56.7. The fraction of sp³-hybridized carbons (Fsp3) is 0.636. The number of hydrogen-bond donors (Lipinski definition) is 16. The number of rotatable bonds is 45.